The van der Waals surface area contributed by atoms with Crippen LogP contribution in [-0.2, 0) is 0 Å². The average molecular weight is 374 g/mol. The van der Waals surface area contributed by atoms with Crippen molar-refractivity contribution >= 4 is 37.6 Å². The van der Waals surface area contributed by atoms with Gasteiger partial charge in [-0.3, -0.25) is 4.79 Å². The fraction of sp³-hybridized carbons (Fsp3) is 0.533. The molecule has 0 saturated heterocycles. The minimum absolute atomic E-state index is 0.206. The van der Waals surface area contributed by atoms with E-state index in [0.717, 1.165) is 33.3 Å². The van der Waals surface area contributed by atoms with Crippen molar-refractivity contribution in [2.24, 2.45) is 17.8 Å². The number of carbonyl (C=O) groups excluding carboxylic acids is 1. The highest BCUT2D eigenvalue weighted by atomic mass is 79.9. The second-order valence-electron chi connectivity index (χ2n) is 5.49. The number of rotatable bonds is 2. The lowest BCUT2D eigenvalue weighted by atomic mass is 9.73. The van der Waals surface area contributed by atoms with Crippen molar-refractivity contribution in [2.75, 3.05) is 0 Å². The molecule has 0 amide bonds. The molecule has 0 N–H and O–H groups in total. The molecular formula is C15H18Br2O. The Bertz CT molecular complexity index is 436. The molecule has 2 rings (SSSR count). The molecule has 0 radical (unpaired) electrons. The summed E-state index contributed by atoms with van der Waals surface area (Å²) in [5, 5.41) is 0. The van der Waals surface area contributed by atoms with Gasteiger partial charge >= 0.3 is 0 Å². The van der Waals surface area contributed by atoms with Crippen LogP contribution in [0.5, 0.6) is 0 Å². The summed E-state index contributed by atoms with van der Waals surface area (Å²) in [7, 11) is 0. The maximum Gasteiger partial charge on any atom is 0.166 e. The first-order valence-electron chi connectivity index (χ1n) is 6.47. The number of ketones is 1. The zero-order chi connectivity index (χ0) is 13.3. The Balaban J connectivity index is 2.16. The molecule has 0 aliphatic heterocycles. The van der Waals surface area contributed by atoms with Crippen molar-refractivity contribution in [1.82, 2.24) is 0 Å². The molecule has 18 heavy (non-hydrogen) atoms. The van der Waals surface area contributed by atoms with Gasteiger partial charge in [-0.2, -0.15) is 0 Å². The van der Waals surface area contributed by atoms with Gasteiger partial charge in [-0.1, -0.05) is 45.7 Å². The molecule has 0 heterocycles. The van der Waals surface area contributed by atoms with Gasteiger partial charge in [0.1, 0.15) is 0 Å². The highest BCUT2D eigenvalue weighted by molar-refractivity contribution is 9.11. The van der Waals surface area contributed by atoms with E-state index in [9.17, 15) is 4.79 Å². The summed E-state index contributed by atoms with van der Waals surface area (Å²) >= 11 is 6.89. The van der Waals surface area contributed by atoms with Crippen LogP contribution in [0.2, 0.25) is 0 Å². The van der Waals surface area contributed by atoms with Crippen molar-refractivity contribution in [3.05, 3.63) is 32.7 Å². The summed E-state index contributed by atoms with van der Waals surface area (Å²) in [6, 6.07) is 5.81. The van der Waals surface area contributed by atoms with E-state index in [1.165, 1.54) is 6.42 Å². The summed E-state index contributed by atoms with van der Waals surface area (Å²) in [6.07, 6.45) is 3.24. The third kappa shape index (κ3) is 3.24. The number of halogens is 2. The van der Waals surface area contributed by atoms with Crippen LogP contribution in [0.4, 0.5) is 0 Å². The van der Waals surface area contributed by atoms with Crippen LogP contribution < -0.4 is 0 Å². The molecule has 0 aromatic heterocycles. The predicted molar refractivity (Wildman–Crippen MR) is 81.8 cm³/mol. The first-order valence-corrected chi connectivity index (χ1v) is 8.06. The van der Waals surface area contributed by atoms with Gasteiger partial charge < -0.3 is 0 Å². The van der Waals surface area contributed by atoms with Gasteiger partial charge in [-0.15, -0.1) is 0 Å². The SMILES string of the molecule is CC1CCC(C(=O)c2cc(Br)cc(Br)c2)CC1C. The molecular weight excluding hydrogens is 356 g/mol. The summed E-state index contributed by atoms with van der Waals surface area (Å²) in [5.74, 6) is 1.92. The van der Waals surface area contributed by atoms with E-state index in [0.29, 0.717) is 11.7 Å². The molecule has 98 valence electrons. The number of Topliss-reactive ketones (excluding diaryl/α,β-unsaturated/α-hetero) is 1. The number of benzene rings is 1. The van der Waals surface area contributed by atoms with E-state index in [4.69, 9.17) is 0 Å². The Morgan fingerprint density at radius 2 is 1.67 bits per heavy atom. The zero-order valence-corrected chi connectivity index (χ0v) is 13.9. The van der Waals surface area contributed by atoms with Gasteiger partial charge in [0.25, 0.3) is 0 Å². The maximum atomic E-state index is 12.5. The Hall–Kier alpha value is -0.150. The minimum atomic E-state index is 0.206. The third-order valence-electron chi connectivity index (χ3n) is 4.12. The van der Waals surface area contributed by atoms with Crippen LogP contribution in [0.3, 0.4) is 0 Å². The Labute approximate surface area is 126 Å². The van der Waals surface area contributed by atoms with E-state index in [2.05, 4.69) is 45.7 Å². The lowest BCUT2D eigenvalue weighted by molar-refractivity contribution is 0.0837. The molecule has 0 spiro atoms. The van der Waals surface area contributed by atoms with Crippen LogP contribution >= 0.6 is 31.9 Å². The second-order valence-corrected chi connectivity index (χ2v) is 7.32. The summed E-state index contributed by atoms with van der Waals surface area (Å²) in [6.45, 7) is 4.56. The number of carbonyl (C=O) groups is 1. The van der Waals surface area contributed by atoms with Crippen LogP contribution in [-0.4, -0.2) is 5.78 Å². The Kier molecular flexibility index (Phi) is 4.65. The fourth-order valence-electron chi connectivity index (χ4n) is 2.72. The van der Waals surface area contributed by atoms with Crippen molar-refractivity contribution < 1.29 is 4.79 Å². The van der Waals surface area contributed by atoms with Crippen molar-refractivity contribution in [3.63, 3.8) is 0 Å². The normalized spacial score (nSPS) is 28.1. The molecule has 1 aromatic carbocycles. The fourth-order valence-corrected chi connectivity index (χ4v) is 4.01. The van der Waals surface area contributed by atoms with E-state index >= 15 is 0 Å². The molecule has 1 aromatic rings. The minimum Gasteiger partial charge on any atom is -0.294 e. The Morgan fingerprint density at radius 1 is 1.06 bits per heavy atom. The highest BCUT2D eigenvalue weighted by Gasteiger charge is 2.29. The third-order valence-corrected chi connectivity index (χ3v) is 5.03. The van der Waals surface area contributed by atoms with Gasteiger partial charge in [0, 0.05) is 20.4 Å². The molecule has 1 fully saturated rings. The molecule has 3 atom stereocenters. The first kappa shape index (κ1) is 14.3. The van der Waals surface area contributed by atoms with Gasteiger partial charge in [0.2, 0.25) is 0 Å². The smallest absolute Gasteiger partial charge is 0.166 e. The zero-order valence-electron chi connectivity index (χ0n) is 10.7. The van der Waals surface area contributed by atoms with Crippen LogP contribution in [0.15, 0.2) is 27.1 Å². The van der Waals surface area contributed by atoms with Crippen molar-refractivity contribution in [3.8, 4) is 0 Å². The van der Waals surface area contributed by atoms with Gasteiger partial charge in [0.05, 0.1) is 0 Å². The monoisotopic (exact) mass is 372 g/mol. The predicted octanol–water partition coefficient (Wildman–Crippen LogP) is 5.47. The molecule has 3 unspecified atom stereocenters. The number of hydrogen-bond donors (Lipinski definition) is 0. The van der Waals surface area contributed by atoms with Crippen LogP contribution in [0, 0.1) is 17.8 Å². The lowest BCUT2D eigenvalue weighted by Gasteiger charge is -2.31. The highest BCUT2D eigenvalue weighted by Crippen LogP contribution is 2.35. The molecule has 0 bridgehead atoms. The molecule has 1 aliphatic carbocycles. The quantitative estimate of drug-likeness (QED) is 0.628. The molecule has 1 nitrogen and oxygen atoms in total. The second kappa shape index (κ2) is 5.87. The van der Waals surface area contributed by atoms with Crippen molar-refractivity contribution in [1.29, 1.82) is 0 Å². The Morgan fingerprint density at radius 3 is 2.22 bits per heavy atom. The molecule has 3 heteroatoms. The summed E-state index contributed by atoms with van der Waals surface area (Å²) in [5.41, 5.74) is 0.822. The topological polar surface area (TPSA) is 17.1 Å². The van der Waals surface area contributed by atoms with E-state index < -0.39 is 0 Å². The average Bonchev–Trinajstić information content (AvgIpc) is 2.30. The molecule has 1 saturated carbocycles. The first-order chi connectivity index (χ1) is 8.47. The lowest BCUT2D eigenvalue weighted by Crippen LogP contribution is -2.26. The van der Waals surface area contributed by atoms with Gasteiger partial charge in [0.15, 0.2) is 5.78 Å². The van der Waals surface area contributed by atoms with E-state index in [1.807, 2.05) is 18.2 Å². The summed E-state index contributed by atoms with van der Waals surface area (Å²) in [4.78, 5) is 12.5. The standard InChI is InChI=1S/C15H18Br2O/c1-9-3-4-11(5-10(9)2)15(18)12-6-13(16)8-14(17)7-12/h6-11H,3-5H2,1-2H3. The number of hydrogen-bond acceptors (Lipinski definition) is 1. The van der Waals surface area contributed by atoms with Crippen LogP contribution in [0.1, 0.15) is 43.5 Å². The summed E-state index contributed by atoms with van der Waals surface area (Å²) < 4.78 is 1.91. The van der Waals surface area contributed by atoms with Crippen LogP contribution in [0.25, 0.3) is 0 Å². The molecule has 1 aliphatic rings. The van der Waals surface area contributed by atoms with Gasteiger partial charge in [-0.05, 0) is 49.3 Å². The largest absolute Gasteiger partial charge is 0.294 e. The van der Waals surface area contributed by atoms with Gasteiger partial charge in [-0.25, -0.2) is 0 Å². The van der Waals surface area contributed by atoms with E-state index in [1.54, 1.807) is 0 Å². The van der Waals surface area contributed by atoms with E-state index in [-0.39, 0.29) is 5.92 Å². The van der Waals surface area contributed by atoms with Crippen molar-refractivity contribution in [2.45, 2.75) is 33.1 Å². The maximum absolute atomic E-state index is 12.5.